The molecule has 0 aliphatic carbocycles. The van der Waals surface area contributed by atoms with E-state index in [1.54, 1.807) is 0 Å². The molecule has 0 aliphatic rings. The van der Waals surface area contributed by atoms with Crippen LogP contribution >= 0.6 is 0 Å². The van der Waals surface area contributed by atoms with Crippen molar-refractivity contribution in [1.29, 1.82) is 0 Å². The van der Waals surface area contributed by atoms with E-state index >= 15 is 0 Å². The predicted octanol–water partition coefficient (Wildman–Crippen LogP) is 15.9. The molecule has 0 saturated heterocycles. The van der Waals surface area contributed by atoms with Gasteiger partial charge < -0.3 is 9.32 Å². The zero-order chi connectivity index (χ0) is 39.8. The predicted molar refractivity (Wildman–Crippen MR) is 251 cm³/mol. The molecule has 11 aromatic rings. The Bertz CT molecular complexity index is 3260. The van der Waals surface area contributed by atoms with E-state index in [1.165, 1.54) is 38.6 Å². The second-order valence-electron chi connectivity index (χ2n) is 15.2. The smallest absolute Gasteiger partial charge is 0.227 e. The minimum atomic E-state index is 0.607. The Labute approximate surface area is 349 Å². The van der Waals surface area contributed by atoms with Crippen LogP contribution in [0.5, 0.6) is 0 Å². The van der Waals surface area contributed by atoms with Gasteiger partial charge in [-0.2, -0.15) is 0 Å². The van der Waals surface area contributed by atoms with Gasteiger partial charge in [0.15, 0.2) is 5.58 Å². The second-order valence-corrected chi connectivity index (χ2v) is 15.2. The molecule has 60 heavy (non-hydrogen) atoms. The fourth-order valence-corrected chi connectivity index (χ4v) is 8.46. The van der Waals surface area contributed by atoms with Crippen molar-refractivity contribution in [2.24, 2.45) is 0 Å². The summed E-state index contributed by atoms with van der Waals surface area (Å²) in [5.74, 6) is 0.607. The minimum absolute atomic E-state index is 0.607. The third-order valence-corrected chi connectivity index (χ3v) is 11.5. The SMILES string of the molecule is c1ccc(-c2ccc(-c3nc4c(o3)c(-c3ccc(N(c5ccc(-c6ccccc6)cc5)c5ccc(-c6cccc7ccccc67)cc5)cc3)cc3ccccc34)cc2)cc1. The molecule has 1 aromatic heterocycles. The number of rotatable bonds is 8. The molecule has 1 heterocycles. The van der Waals surface area contributed by atoms with Gasteiger partial charge in [-0.05, 0) is 110 Å². The summed E-state index contributed by atoms with van der Waals surface area (Å²) < 4.78 is 6.71. The molecule has 0 N–H and O–H groups in total. The number of aromatic nitrogens is 1. The number of fused-ring (bicyclic) bond motifs is 4. The van der Waals surface area contributed by atoms with Crippen molar-refractivity contribution in [2.75, 3.05) is 4.90 Å². The molecular weight excluding hydrogens is 729 g/mol. The fraction of sp³-hybridized carbons (Fsp3) is 0. The van der Waals surface area contributed by atoms with Crippen LogP contribution in [0.15, 0.2) is 235 Å². The van der Waals surface area contributed by atoms with Crippen molar-refractivity contribution in [1.82, 2.24) is 4.98 Å². The summed E-state index contributed by atoms with van der Waals surface area (Å²) in [6, 6.07) is 81.7. The van der Waals surface area contributed by atoms with Gasteiger partial charge in [-0.3, -0.25) is 0 Å². The Morgan fingerprint density at radius 1 is 0.317 bits per heavy atom. The van der Waals surface area contributed by atoms with Gasteiger partial charge in [0.25, 0.3) is 0 Å². The lowest BCUT2D eigenvalue weighted by molar-refractivity contribution is 0.621. The quantitative estimate of drug-likeness (QED) is 0.154. The average Bonchev–Trinajstić information content (AvgIpc) is 3.79. The van der Waals surface area contributed by atoms with E-state index in [0.29, 0.717) is 5.89 Å². The van der Waals surface area contributed by atoms with Crippen LogP contribution in [0.1, 0.15) is 0 Å². The highest BCUT2D eigenvalue weighted by molar-refractivity contribution is 6.10. The first-order valence-corrected chi connectivity index (χ1v) is 20.4. The molecule has 0 aliphatic heterocycles. The second kappa shape index (κ2) is 15.1. The highest BCUT2D eigenvalue weighted by atomic mass is 16.3. The summed E-state index contributed by atoms with van der Waals surface area (Å²) in [6.45, 7) is 0. The van der Waals surface area contributed by atoms with Gasteiger partial charge in [0, 0.05) is 33.6 Å². The lowest BCUT2D eigenvalue weighted by Gasteiger charge is -2.26. The molecule has 3 nitrogen and oxygen atoms in total. The maximum absolute atomic E-state index is 6.71. The van der Waals surface area contributed by atoms with Crippen molar-refractivity contribution in [3.05, 3.63) is 231 Å². The molecule has 0 saturated carbocycles. The Balaban J connectivity index is 0.985. The van der Waals surface area contributed by atoms with Gasteiger partial charge in [-0.25, -0.2) is 4.98 Å². The lowest BCUT2D eigenvalue weighted by Crippen LogP contribution is -2.09. The highest BCUT2D eigenvalue weighted by Crippen LogP contribution is 2.41. The van der Waals surface area contributed by atoms with E-state index in [4.69, 9.17) is 9.40 Å². The molecule has 0 unspecified atom stereocenters. The van der Waals surface area contributed by atoms with Crippen molar-refractivity contribution >= 4 is 49.7 Å². The van der Waals surface area contributed by atoms with Crippen molar-refractivity contribution < 1.29 is 4.42 Å². The molecule has 0 amide bonds. The summed E-state index contributed by atoms with van der Waals surface area (Å²) in [7, 11) is 0. The van der Waals surface area contributed by atoms with Gasteiger partial charge in [0.05, 0.1) is 0 Å². The summed E-state index contributed by atoms with van der Waals surface area (Å²) in [4.78, 5) is 7.45. The number of anilines is 3. The topological polar surface area (TPSA) is 29.3 Å². The fourth-order valence-electron chi connectivity index (χ4n) is 8.46. The molecule has 0 bridgehead atoms. The molecule has 0 fully saturated rings. The Morgan fingerprint density at radius 3 is 1.35 bits per heavy atom. The zero-order valence-corrected chi connectivity index (χ0v) is 32.7. The Hall–Kier alpha value is -8.01. The van der Waals surface area contributed by atoms with Gasteiger partial charge in [-0.1, -0.05) is 176 Å². The normalized spacial score (nSPS) is 11.3. The summed E-state index contributed by atoms with van der Waals surface area (Å²) in [6.07, 6.45) is 0. The molecule has 10 aromatic carbocycles. The Kier molecular flexibility index (Phi) is 8.83. The van der Waals surface area contributed by atoms with E-state index in [-0.39, 0.29) is 0 Å². The van der Waals surface area contributed by atoms with E-state index in [2.05, 4.69) is 229 Å². The minimum Gasteiger partial charge on any atom is -0.435 e. The Morgan fingerprint density at radius 2 is 0.750 bits per heavy atom. The van der Waals surface area contributed by atoms with Crippen LogP contribution in [0.25, 0.3) is 88.6 Å². The van der Waals surface area contributed by atoms with Crippen LogP contribution < -0.4 is 4.90 Å². The monoisotopic (exact) mass is 766 g/mol. The number of benzene rings is 10. The number of nitrogens with zero attached hydrogens (tertiary/aromatic N) is 2. The summed E-state index contributed by atoms with van der Waals surface area (Å²) >= 11 is 0. The van der Waals surface area contributed by atoms with Crippen LogP contribution in [-0.2, 0) is 0 Å². The zero-order valence-electron chi connectivity index (χ0n) is 32.7. The standard InChI is InChI=1S/C57H38N2O/c1-3-12-39(13-4-1)41-22-24-46(25-23-41)57-58-55-53-20-10-8-17-47(53)38-54(56(55)60-57)45-30-36-50(37-31-45)59(48-32-26-42(27-33-48)40-14-5-2-6-15-40)49-34-28-44(29-35-49)52-21-11-18-43-16-7-9-19-51(43)52/h1-38H. The molecule has 0 atom stereocenters. The third kappa shape index (κ3) is 6.49. The first-order valence-electron chi connectivity index (χ1n) is 20.4. The molecular formula is C57H38N2O. The van der Waals surface area contributed by atoms with Crippen LogP contribution in [0, 0.1) is 0 Å². The molecule has 0 radical (unpaired) electrons. The van der Waals surface area contributed by atoms with Gasteiger partial charge >= 0.3 is 0 Å². The average molecular weight is 767 g/mol. The number of hydrogen-bond donors (Lipinski definition) is 0. The van der Waals surface area contributed by atoms with Crippen molar-refractivity contribution in [3.8, 4) is 56.0 Å². The first-order chi connectivity index (χ1) is 29.7. The van der Waals surface area contributed by atoms with Crippen LogP contribution in [0.4, 0.5) is 17.1 Å². The number of oxazole rings is 1. The van der Waals surface area contributed by atoms with Gasteiger partial charge in [0.1, 0.15) is 5.52 Å². The van der Waals surface area contributed by atoms with Crippen LogP contribution in [0.2, 0.25) is 0 Å². The maximum atomic E-state index is 6.71. The number of hydrogen-bond acceptors (Lipinski definition) is 3. The van der Waals surface area contributed by atoms with Gasteiger partial charge in [0.2, 0.25) is 5.89 Å². The van der Waals surface area contributed by atoms with Crippen LogP contribution in [0.3, 0.4) is 0 Å². The van der Waals surface area contributed by atoms with Crippen LogP contribution in [-0.4, -0.2) is 4.98 Å². The van der Waals surface area contributed by atoms with E-state index in [9.17, 15) is 0 Å². The summed E-state index contributed by atoms with van der Waals surface area (Å²) in [5.41, 5.74) is 15.0. The first kappa shape index (κ1) is 35.2. The molecule has 282 valence electrons. The third-order valence-electron chi connectivity index (χ3n) is 11.5. The van der Waals surface area contributed by atoms with Gasteiger partial charge in [-0.15, -0.1) is 0 Å². The molecule has 3 heteroatoms. The van der Waals surface area contributed by atoms with Crippen molar-refractivity contribution in [2.45, 2.75) is 0 Å². The summed E-state index contributed by atoms with van der Waals surface area (Å²) in [5, 5.41) is 4.68. The van der Waals surface area contributed by atoms with E-state index < -0.39 is 0 Å². The van der Waals surface area contributed by atoms with E-state index in [0.717, 1.165) is 61.2 Å². The maximum Gasteiger partial charge on any atom is 0.227 e. The van der Waals surface area contributed by atoms with Crippen molar-refractivity contribution in [3.63, 3.8) is 0 Å². The molecule has 0 spiro atoms. The van der Waals surface area contributed by atoms with E-state index in [1.807, 2.05) is 6.07 Å². The largest absolute Gasteiger partial charge is 0.435 e. The highest BCUT2D eigenvalue weighted by Gasteiger charge is 2.19. The lowest BCUT2D eigenvalue weighted by atomic mass is 9.97. The molecule has 11 rings (SSSR count).